The second-order valence-corrected chi connectivity index (χ2v) is 7.75. The number of anilines is 2. The molecule has 0 fully saturated rings. The van der Waals surface area contributed by atoms with Gasteiger partial charge in [-0.05, 0) is 17.7 Å². The fraction of sp³-hybridized carbons (Fsp3) is 0.200. The molecule has 1 aliphatic rings. The Morgan fingerprint density at radius 1 is 0.917 bits per heavy atom. The molecule has 0 bridgehead atoms. The number of hydrogen-bond acceptors (Lipinski definition) is 10. The summed E-state index contributed by atoms with van der Waals surface area (Å²) in [5, 5.41) is 0. The second-order valence-electron chi connectivity index (χ2n) is 7.75. The third-order valence-corrected chi connectivity index (χ3v) is 5.34. The summed E-state index contributed by atoms with van der Waals surface area (Å²) in [6.45, 7) is 0.943. The number of aromatic nitrogens is 6. The lowest BCUT2D eigenvalue weighted by Crippen LogP contribution is -2.41. The zero-order valence-electron chi connectivity index (χ0n) is 19.3. The van der Waals surface area contributed by atoms with Crippen LogP contribution in [0.2, 0.25) is 0 Å². The van der Waals surface area contributed by atoms with E-state index < -0.39 is 6.67 Å². The van der Waals surface area contributed by atoms with Crippen LogP contribution in [-0.4, -0.2) is 62.9 Å². The molecule has 11 heteroatoms. The molecule has 0 unspecified atom stereocenters. The van der Waals surface area contributed by atoms with Gasteiger partial charge in [-0.25, -0.2) is 29.3 Å². The zero-order valence-corrected chi connectivity index (χ0v) is 19.3. The first kappa shape index (κ1) is 23.2. The van der Waals surface area contributed by atoms with Gasteiger partial charge in [0.15, 0.2) is 12.2 Å². The monoisotopic (exact) mass is 486 g/mol. The van der Waals surface area contributed by atoms with Crippen molar-refractivity contribution in [3.8, 4) is 11.5 Å². The fourth-order valence-electron chi connectivity index (χ4n) is 3.58. The van der Waals surface area contributed by atoms with Crippen LogP contribution < -0.4 is 9.80 Å². The number of hydrogen-bond donors (Lipinski definition) is 0. The van der Waals surface area contributed by atoms with E-state index in [0.29, 0.717) is 30.7 Å². The Bertz CT molecular complexity index is 1300. The minimum Gasteiger partial charge on any atom is -0.442 e. The molecule has 0 radical (unpaired) electrons. The Kier molecular flexibility index (Phi) is 7.28. The average Bonchev–Trinajstić information content (AvgIpc) is 3.48. The molecule has 5 rings (SSSR count). The van der Waals surface area contributed by atoms with Gasteiger partial charge in [-0.2, -0.15) is 0 Å². The molecule has 10 nitrogen and oxygen atoms in total. The highest BCUT2D eigenvalue weighted by Crippen LogP contribution is 2.22. The summed E-state index contributed by atoms with van der Waals surface area (Å²) in [6.07, 6.45) is 17.4. The predicted molar refractivity (Wildman–Crippen MR) is 132 cm³/mol. The minimum absolute atomic E-state index is 0.0245. The number of nitrogens with zero attached hydrogens (tertiary/aromatic N) is 8. The first-order valence-corrected chi connectivity index (χ1v) is 11.3. The number of ether oxygens (including phenoxy) is 1. The van der Waals surface area contributed by atoms with Gasteiger partial charge in [0.2, 0.25) is 11.9 Å². The maximum absolute atomic E-state index is 12.6. The van der Waals surface area contributed by atoms with E-state index in [4.69, 9.17) is 9.15 Å². The van der Waals surface area contributed by atoms with Gasteiger partial charge in [0, 0.05) is 55.8 Å². The standard InChI is InChI=1S/C25H23FN8O2/c26-6-11-35-17-21-16-33(9-10-34(21)25-28-7-1-8-29-25)24-31-13-20(14-32-24)3-2-19-4-5-22(30-12-19)23-15-27-18-36-23/h1-5,7-8,12-16,18H,6,9-11,17H2/b3-2+. The topological polar surface area (TPSA) is 106 Å². The van der Waals surface area contributed by atoms with Gasteiger partial charge >= 0.3 is 0 Å². The van der Waals surface area contributed by atoms with Crippen LogP contribution in [0.5, 0.6) is 0 Å². The molecule has 1 aliphatic heterocycles. The Morgan fingerprint density at radius 2 is 1.72 bits per heavy atom. The van der Waals surface area contributed by atoms with Crippen molar-refractivity contribution in [2.45, 2.75) is 0 Å². The van der Waals surface area contributed by atoms with E-state index in [0.717, 1.165) is 22.5 Å². The number of oxazole rings is 1. The zero-order chi connectivity index (χ0) is 24.6. The quantitative estimate of drug-likeness (QED) is 0.326. The van der Waals surface area contributed by atoms with Crippen LogP contribution in [0.25, 0.3) is 23.6 Å². The van der Waals surface area contributed by atoms with Crippen molar-refractivity contribution >= 4 is 24.0 Å². The summed E-state index contributed by atoms with van der Waals surface area (Å²) >= 11 is 0. The number of alkyl halides is 1. The molecule has 36 heavy (non-hydrogen) atoms. The molecule has 5 heterocycles. The SMILES string of the molecule is FCCOCC1=CN(c2ncc(/C=C/c3ccc(-c4cnco4)nc3)cn2)CCN1c1ncccn1. The van der Waals surface area contributed by atoms with Crippen molar-refractivity contribution in [1.82, 2.24) is 29.9 Å². The van der Waals surface area contributed by atoms with E-state index in [1.54, 1.807) is 43.2 Å². The Morgan fingerprint density at radius 3 is 2.44 bits per heavy atom. The predicted octanol–water partition coefficient (Wildman–Crippen LogP) is 3.64. The van der Waals surface area contributed by atoms with Crippen molar-refractivity contribution in [1.29, 1.82) is 0 Å². The highest BCUT2D eigenvalue weighted by molar-refractivity contribution is 5.69. The molecule has 0 amide bonds. The number of pyridine rings is 1. The van der Waals surface area contributed by atoms with Crippen molar-refractivity contribution < 1.29 is 13.5 Å². The Labute approximate surface area is 206 Å². The summed E-state index contributed by atoms with van der Waals surface area (Å²) in [5.41, 5.74) is 3.31. The van der Waals surface area contributed by atoms with E-state index in [1.165, 1.54) is 6.39 Å². The van der Waals surface area contributed by atoms with Crippen molar-refractivity contribution in [2.75, 3.05) is 42.8 Å². The summed E-state index contributed by atoms with van der Waals surface area (Å²) in [7, 11) is 0. The minimum atomic E-state index is -0.543. The maximum atomic E-state index is 12.6. The largest absolute Gasteiger partial charge is 0.442 e. The second kappa shape index (κ2) is 11.3. The normalized spacial score (nSPS) is 13.9. The smallest absolute Gasteiger partial charge is 0.229 e. The first-order chi connectivity index (χ1) is 17.8. The van der Waals surface area contributed by atoms with Crippen LogP contribution in [0.15, 0.2) is 78.1 Å². The van der Waals surface area contributed by atoms with E-state index >= 15 is 0 Å². The molecule has 4 aromatic rings. The molecular formula is C25H23FN8O2. The summed E-state index contributed by atoms with van der Waals surface area (Å²) in [5.74, 6) is 1.75. The van der Waals surface area contributed by atoms with Gasteiger partial charge in [0.1, 0.15) is 12.4 Å². The van der Waals surface area contributed by atoms with Crippen molar-refractivity contribution in [2.24, 2.45) is 0 Å². The van der Waals surface area contributed by atoms with Gasteiger partial charge in [0.05, 0.1) is 25.1 Å². The van der Waals surface area contributed by atoms with Crippen LogP contribution in [0.1, 0.15) is 11.1 Å². The summed E-state index contributed by atoms with van der Waals surface area (Å²) in [4.78, 5) is 29.9. The van der Waals surface area contributed by atoms with Gasteiger partial charge < -0.3 is 19.0 Å². The molecule has 0 atom stereocenters. The lowest BCUT2D eigenvalue weighted by atomic mass is 10.2. The van der Waals surface area contributed by atoms with E-state index in [1.807, 2.05) is 40.3 Å². The van der Waals surface area contributed by atoms with Crippen LogP contribution in [0, 0.1) is 0 Å². The average molecular weight is 487 g/mol. The molecule has 182 valence electrons. The van der Waals surface area contributed by atoms with Crippen LogP contribution in [0.3, 0.4) is 0 Å². The van der Waals surface area contributed by atoms with Gasteiger partial charge in [0.25, 0.3) is 0 Å². The van der Waals surface area contributed by atoms with Crippen molar-refractivity contribution in [3.05, 3.63) is 84.8 Å². The molecule has 0 aromatic carbocycles. The lowest BCUT2D eigenvalue weighted by molar-refractivity contribution is 0.136. The lowest BCUT2D eigenvalue weighted by Gasteiger charge is -2.33. The van der Waals surface area contributed by atoms with Gasteiger partial charge in [-0.3, -0.25) is 4.98 Å². The Hall–Kier alpha value is -4.51. The van der Waals surface area contributed by atoms with Gasteiger partial charge in [-0.15, -0.1) is 0 Å². The van der Waals surface area contributed by atoms with Gasteiger partial charge in [-0.1, -0.05) is 18.2 Å². The summed E-state index contributed by atoms with van der Waals surface area (Å²) in [6, 6.07) is 5.59. The third-order valence-electron chi connectivity index (χ3n) is 5.34. The molecule has 0 aliphatic carbocycles. The molecular weight excluding hydrogens is 463 g/mol. The van der Waals surface area contributed by atoms with E-state index in [9.17, 15) is 4.39 Å². The molecule has 0 saturated carbocycles. The summed E-state index contributed by atoms with van der Waals surface area (Å²) < 4.78 is 23.3. The number of halogens is 1. The molecule has 0 saturated heterocycles. The highest BCUT2D eigenvalue weighted by Gasteiger charge is 2.23. The van der Waals surface area contributed by atoms with Crippen LogP contribution in [-0.2, 0) is 4.74 Å². The highest BCUT2D eigenvalue weighted by atomic mass is 19.1. The maximum Gasteiger partial charge on any atom is 0.229 e. The molecule has 4 aromatic heterocycles. The Balaban J connectivity index is 1.27. The van der Waals surface area contributed by atoms with Crippen LogP contribution in [0.4, 0.5) is 16.3 Å². The molecule has 0 N–H and O–H groups in total. The van der Waals surface area contributed by atoms with E-state index in [-0.39, 0.29) is 13.2 Å². The van der Waals surface area contributed by atoms with E-state index in [2.05, 4.69) is 29.9 Å². The van der Waals surface area contributed by atoms with Crippen LogP contribution >= 0.6 is 0 Å². The molecule has 0 spiro atoms. The van der Waals surface area contributed by atoms with Crippen molar-refractivity contribution in [3.63, 3.8) is 0 Å². The fourth-order valence-corrected chi connectivity index (χ4v) is 3.58. The third kappa shape index (κ3) is 5.58. The first-order valence-electron chi connectivity index (χ1n) is 11.3. The number of rotatable bonds is 9.